The molecule has 6 heteroatoms. The Labute approximate surface area is 139 Å². The Bertz CT molecular complexity index is 753. The maximum absolute atomic E-state index is 13.3. The highest BCUT2D eigenvalue weighted by atomic mass is 19.4. The molecular formula is C18H23F3N2O. The van der Waals surface area contributed by atoms with Crippen molar-refractivity contribution in [2.24, 2.45) is 11.8 Å². The van der Waals surface area contributed by atoms with Gasteiger partial charge in [0.05, 0.1) is 5.56 Å². The maximum Gasteiger partial charge on any atom is 0.417 e. The fraction of sp³-hybridized carbons (Fsp3) is 0.500. The van der Waals surface area contributed by atoms with Crippen molar-refractivity contribution in [3.63, 3.8) is 0 Å². The van der Waals surface area contributed by atoms with Crippen molar-refractivity contribution in [3.8, 4) is 0 Å². The Hall–Kier alpha value is -1.98. The van der Waals surface area contributed by atoms with E-state index in [4.69, 9.17) is 0 Å². The summed E-state index contributed by atoms with van der Waals surface area (Å²) < 4.78 is 39.9. The van der Waals surface area contributed by atoms with E-state index in [1.807, 2.05) is 0 Å². The highest BCUT2D eigenvalue weighted by molar-refractivity contribution is 5.86. The number of benzene rings is 1. The van der Waals surface area contributed by atoms with Crippen molar-refractivity contribution in [1.82, 2.24) is 4.98 Å². The van der Waals surface area contributed by atoms with E-state index in [1.165, 1.54) is 6.07 Å². The first-order chi connectivity index (χ1) is 11.1. The molecule has 0 spiro atoms. The van der Waals surface area contributed by atoms with Gasteiger partial charge in [0.2, 0.25) is 5.56 Å². The third-order valence-electron chi connectivity index (χ3n) is 3.67. The monoisotopic (exact) mass is 340 g/mol. The summed E-state index contributed by atoms with van der Waals surface area (Å²) in [5.41, 5.74) is -0.698. The molecule has 2 aromatic rings. The maximum atomic E-state index is 13.3. The summed E-state index contributed by atoms with van der Waals surface area (Å²) in [4.78, 5) is 16.1. The van der Waals surface area contributed by atoms with E-state index in [1.54, 1.807) is 12.1 Å². The third-order valence-corrected chi connectivity index (χ3v) is 3.67. The van der Waals surface area contributed by atoms with Gasteiger partial charge >= 0.3 is 6.18 Å². The van der Waals surface area contributed by atoms with Gasteiger partial charge in [-0.1, -0.05) is 27.7 Å². The molecule has 0 bridgehead atoms. The quantitative estimate of drug-likeness (QED) is 0.859. The second kappa shape index (κ2) is 6.87. The number of fused-ring (bicyclic) bond motifs is 1. The first-order valence-corrected chi connectivity index (χ1v) is 8.07. The molecule has 132 valence electrons. The van der Waals surface area contributed by atoms with Crippen LogP contribution >= 0.6 is 0 Å². The van der Waals surface area contributed by atoms with Gasteiger partial charge in [-0.15, -0.1) is 0 Å². The molecule has 1 aromatic carbocycles. The van der Waals surface area contributed by atoms with E-state index >= 15 is 0 Å². The molecule has 0 unspecified atom stereocenters. The van der Waals surface area contributed by atoms with Crippen molar-refractivity contribution < 1.29 is 13.2 Å². The topological polar surface area (TPSA) is 36.1 Å². The Morgan fingerprint density at radius 3 is 2.12 bits per heavy atom. The predicted molar refractivity (Wildman–Crippen MR) is 91.5 cm³/mol. The lowest BCUT2D eigenvalue weighted by Crippen LogP contribution is -2.31. The molecule has 0 fully saturated rings. The fourth-order valence-electron chi connectivity index (χ4n) is 2.84. The lowest BCUT2D eigenvalue weighted by atomic mass is 10.1. The number of hydrogen-bond donors (Lipinski definition) is 1. The second-order valence-corrected chi connectivity index (χ2v) is 6.97. The summed E-state index contributed by atoms with van der Waals surface area (Å²) in [5, 5.41) is 0.0251. The van der Waals surface area contributed by atoms with Crippen molar-refractivity contribution in [2.75, 3.05) is 18.0 Å². The molecule has 0 amide bonds. The van der Waals surface area contributed by atoms with E-state index in [2.05, 4.69) is 37.6 Å². The fourth-order valence-corrected chi connectivity index (χ4v) is 2.84. The number of rotatable bonds is 5. The Morgan fingerprint density at radius 2 is 1.62 bits per heavy atom. The number of hydrogen-bond acceptors (Lipinski definition) is 2. The number of nitrogens with one attached hydrogen (secondary N) is 1. The minimum Gasteiger partial charge on any atom is -0.371 e. The highest BCUT2D eigenvalue weighted by Crippen LogP contribution is 2.35. The number of anilines is 1. The molecular weight excluding hydrogens is 317 g/mol. The van der Waals surface area contributed by atoms with Gasteiger partial charge in [-0.2, -0.15) is 13.2 Å². The average molecular weight is 340 g/mol. The highest BCUT2D eigenvalue weighted by Gasteiger charge is 2.33. The summed E-state index contributed by atoms with van der Waals surface area (Å²) in [5.74, 6) is 0.772. The number of aromatic amines is 1. The molecule has 0 atom stereocenters. The standard InChI is InChI=1S/C18H23F3N2O/c1-11(2)9-23(10-12(3)4)13-5-6-16-14(7-13)15(18(19,20)21)8-17(24)22-16/h5-8,11-12H,9-10H2,1-4H3,(H,22,24). The van der Waals surface area contributed by atoms with Crippen LogP contribution in [0.1, 0.15) is 33.3 Å². The number of nitrogens with zero attached hydrogens (tertiary/aromatic N) is 1. The van der Waals surface area contributed by atoms with Crippen LogP contribution in [-0.2, 0) is 6.18 Å². The van der Waals surface area contributed by atoms with Gasteiger partial charge in [-0.05, 0) is 30.0 Å². The van der Waals surface area contributed by atoms with Crippen LogP contribution in [0.15, 0.2) is 29.1 Å². The number of halogens is 3. The molecule has 24 heavy (non-hydrogen) atoms. The van der Waals surface area contributed by atoms with Crippen LogP contribution in [0.3, 0.4) is 0 Å². The van der Waals surface area contributed by atoms with Crippen LogP contribution in [0, 0.1) is 11.8 Å². The van der Waals surface area contributed by atoms with Gasteiger partial charge < -0.3 is 9.88 Å². The molecule has 1 heterocycles. The molecule has 3 nitrogen and oxygen atoms in total. The van der Waals surface area contributed by atoms with Crippen LogP contribution < -0.4 is 10.5 Å². The van der Waals surface area contributed by atoms with E-state index in [9.17, 15) is 18.0 Å². The van der Waals surface area contributed by atoms with Gasteiger partial charge in [-0.25, -0.2) is 0 Å². The van der Waals surface area contributed by atoms with Crippen LogP contribution in [0.5, 0.6) is 0 Å². The lowest BCUT2D eigenvalue weighted by molar-refractivity contribution is -0.136. The minimum atomic E-state index is -4.56. The first-order valence-electron chi connectivity index (χ1n) is 8.07. The van der Waals surface area contributed by atoms with Crippen molar-refractivity contribution in [1.29, 1.82) is 0 Å². The summed E-state index contributed by atoms with van der Waals surface area (Å²) in [6.45, 7) is 9.82. The number of pyridine rings is 1. The summed E-state index contributed by atoms with van der Waals surface area (Å²) in [7, 11) is 0. The molecule has 2 rings (SSSR count). The molecule has 0 radical (unpaired) electrons. The molecule has 1 N–H and O–H groups in total. The van der Waals surface area contributed by atoms with Crippen molar-refractivity contribution in [3.05, 3.63) is 40.2 Å². The minimum absolute atomic E-state index is 0.0251. The van der Waals surface area contributed by atoms with Crippen LogP contribution in [0.25, 0.3) is 10.9 Å². The van der Waals surface area contributed by atoms with Crippen LogP contribution in [0.4, 0.5) is 18.9 Å². The number of H-pyrrole nitrogens is 1. The normalized spacial score (nSPS) is 12.4. The summed E-state index contributed by atoms with van der Waals surface area (Å²) in [6.07, 6.45) is -4.56. The van der Waals surface area contributed by atoms with E-state index in [0.717, 1.165) is 18.8 Å². The van der Waals surface area contributed by atoms with Gasteiger partial charge in [0.1, 0.15) is 0 Å². The van der Waals surface area contributed by atoms with E-state index in [-0.39, 0.29) is 10.9 Å². The van der Waals surface area contributed by atoms with Crippen LogP contribution in [0.2, 0.25) is 0 Å². The Kier molecular flexibility index (Phi) is 5.26. The molecule has 1 aromatic heterocycles. The summed E-state index contributed by atoms with van der Waals surface area (Å²) in [6, 6.07) is 5.47. The van der Waals surface area contributed by atoms with Gasteiger partial charge in [0.25, 0.3) is 0 Å². The predicted octanol–water partition coefficient (Wildman–Crippen LogP) is 4.67. The Balaban J connectivity index is 2.59. The number of alkyl halides is 3. The van der Waals surface area contributed by atoms with Crippen molar-refractivity contribution in [2.45, 2.75) is 33.9 Å². The zero-order chi connectivity index (χ0) is 18.1. The van der Waals surface area contributed by atoms with E-state index < -0.39 is 17.3 Å². The molecule has 0 saturated carbocycles. The van der Waals surface area contributed by atoms with Gasteiger partial charge in [0, 0.05) is 35.7 Å². The van der Waals surface area contributed by atoms with E-state index in [0.29, 0.717) is 17.9 Å². The molecule has 0 aliphatic heterocycles. The van der Waals surface area contributed by atoms with Gasteiger partial charge in [0.15, 0.2) is 0 Å². The zero-order valence-corrected chi connectivity index (χ0v) is 14.4. The smallest absolute Gasteiger partial charge is 0.371 e. The third kappa shape index (κ3) is 4.30. The second-order valence-electron chi connectivity index (χ2n) is 6.97. The first kappa shape index (κ1) is 18.4. The lowest BCUT2D eigenvalue weighted by Gasteiger charge is -2.29. The van der Waals surface area contributed by atoms with Crippen molar-refractivity contribution >= 4 is 16.6 Å². The number of aromatic nitrogens is 1. The SMILES string of the molecule is CC(C)CN(CC(C)C)c1ccc2[nH]c(=O)cc(C(F)(F)F)c2c1. The molecule has 0 saturated heterocycles. The largest absolute Gasteiger partial charge is 0.417 e. The summed E-state index contributed by atoms with van der Waals surface area (Å²) >= 11 is 0. The van der Waals surface area contributed by atoms with Gasteiger partial charge in [-0.3, -0.25) is 4.79 Å². The zero-order valence-electron chi connectivity index (χ0n) is 14.4. The molecule has 0 aliphatic rings. The van der Waals surface area contributed by atoms with Crippen LogP contribution in [-0.4, -0.2) is 18.1 Å². The molecule has 0 aliphatic carbocycles. The Morgan fingerprint density at radius 1 is 1.04 bits per heavy atom. The average Bonchev–Trinajstić information content (AvgIpc) is 2.43.